The minimum Gasteiger partial charge on any atom is -0.404 e. The van der Waals surface area contributed by atoms with E-state index in [1.54, 1.807) is 6.20 Å². The first-order chi connectivity index (χ1) is 13.2. The van der Waals surface area contributed by atoms with Crippen LogP contribution in [-0.4, -0.2) is 0 Å². The Balaban J connectivity index is 0.000000442. The zero-order valence-corrected chi connectivity index (χ0v) is 18.7. The van der Waals surface area contributed by atoms with Crippen LogP contribution in [0, 0.1) is 6.92 Å². The van der Waals surface area contributed by atoms with E-state index in [0.717, 1.165) is 35.3 Å². The molecule has 1 aliphatic rings. The fraction of sp³-hybridized carbons (Fsp3) is 0.308. The fourth-order valence-corrected chi connectivity index (χ4v) is 2.52. The minimum absolute atomic E-state index is 1.04. The molecular formula is C26H38N2. The van der Waals surface area contributed by atoms with Crippen LogP contribution in [0.2, 0.25) is 0 Å². The van der Waals surface area contributed by atoms with Crippen molar-refractivity contribution in [1.82, 2.24) is 5.32 Å². The van der Waals surface area contributed by atoms with Crippen molar-refractivity contribution in [2.24, 2.45) is 5.73 Å². The molecule has 2 heteroatoms. The van der Waals surface area contributed by atoms with Crippen molar-refractivity contribution in [2.75, 3.05) is 0 Å². The van der Waals surface area contributed by atoms with Crippen LogP contribution in [0.1, 0.15) is 58.6 Å². The number of hydrogen-bond donors (Lipinski definition) is 2. The predicted molar refractivity (Wildman–Crippen MR) is 128 cm³/mol. The van der Waals surface area contributed by atoms with Crippen molar-refractivity contribution in [3.63, 3.8) is 0 Å². The molecule has 0 heterocycles. The summed E-state index contributed by atoms with van der Waals surface area (Å²) < 4.78 is 0. The SMILES string of the molecule is C/C(=C/N)c1ccccc1C.C=C1C(=C)C(N/C(C)=C/CC)=C1C.C=CCC. The molecule has 2 nitrogen and oxygen atoms in total. The Hall–Kier alpha value is -2.74. The topological polar surface area (TPSA) is 38.0 Å². The van der Waals surface area contributed by atoms with E-state index in [1.165, 1.54) is 22.4 Å². The maximum Gasteiger partial charge on any atom is 0.0490 e. The Morgan fingerprint density at radius 1 is 1.04 bits per heavy atom. The summed E-state index contributed by atoms with van der Waals surface area (Å²) in [5.41, 5.74) is 14.7. The van der Waals surface area contributed by atoms with Crippen LogP contribution in [0.25, 0.3) is 5.57 Å². The molecule has 0 spiro atoms. The molecule has 152 valence electrons. The predicted octanol–water partition coefficient (Wildman–Crippen LogP) is 7.19. The van der Waals surface area contributed by atoms with E-state index < -0.39 is 0 Å². The molecule has 0 saturated heterocycles. The molecule has 0 unspecified atom stereocenters. The molecule has 3 N–H and O–H groups in total. The second-order valence-electron chi connectivity index (χ2n) is 6.74. The summed E-state index contributed by atoms with van der Waals surface area (Å²) in [6.07, 6.45) is 7.82. The first kappa shape index (κ1) is 25.3. The highest BCUT2D eigenvalue weighted by Gasteiger charge is 2.22. The lowest BCUT2D eigenvalue weighted by Crippen LogP contribution is -2.22. The van der Waals surface area contributed by atoms with E-state index in [0.29, 0.717) is 0 Å². The third-order valence-corrected chi connectivity index (χ3v) is 4.43. The number of rotatable bonds is 5. The third-order valence-electron chi connectivity index (χ3n) is 4.43. The van der Waals surface area contributed by atoms with Gasteiger partial charge in [0.15, 0.2) is 0 Å². The molecule has 0 atom stereocenters. The molecule has 0 radical (unpaired) electrons. The Kier molecular flexibility index (Phi) is 12.1. The van der Waals surface area contributed by atoms with Crippen molar-refractivity contribution in [3.05, 3.63) is 102 Å². The van der Waals surface area contributed by atoms with Crippen molar-refractivity contribution >= 4 is 5.57 Å². The molecule has 0 saturated carbocycles. The standard InChI is InChI=1S/C12H17N.C10H13N.C4H8/c1-6-7-8(2)13-12-10(4)9(3)11(12)5;1-8-5-3-4-6-10(8)9(2)7-11;1-3-4-2/h7,13H,3-4,6H2,1-2,5H3;3-7H,11H2,1-2H3;3H,1,4H2,2H3/b8-7+;9-7-;. The number of nitrogens with two attached hydrogens (primary N) is 1. The van der Waals surface area contributed by atoms with Gasteiger partial charge in [-0.05, 0) is 80.2 Å². The van der Waals surface area contributed by atoms with Gasteiger partial charge >= 0.3 is 0 Å². The van der Waals surface area contributed by atoms with Crippen molar-refractivity contribution in [2.45, 2.75) is 54.4 Å². The van der Waals surface area contributed by atoms with Crippen LogP contribution in [0.15, 0.2) is 90.5 Å². The zero-order valence-electron chi connectivity index (χ0n) is 18.7. The van der Waals surface area contributed by atoms with Crippen molar-refractivity contribution < 1.29 is 0 Å². The van der Waals surface area contributed by atoms with Crippen LogP contribution in [0.4, 0.5) is 0 Å². The third kappa shape index (κ3) is 7.87. The Labute approximate surface area is 172 Å². The second-order valence-corrected chi connectivity index (χ2v) is 6.74. The zero-order chi connectivity index (χ0) is 21.7. The second kappa shape index (κ2) is 13.4. The highest BCUT2D eigenvalue weighted by atomic mass is 14.9. The van der Waals surface area contributed by atoms with Gasteiger partial charge in [0.05, 0.1) is 0 Å². The van der Waals surface area contributed by atoms with Crippen LogP contribution >= 0.6 is 0 Å². The summed E-state index contributed by atoms with van der Waals surface area (Å²) >= 11 is 0. The Morgan fingerprint density at radius 2 is 1.61 bits per heavy atom. The summed E-state index contributed by atoms with van der Waals surface area (Å²) in [6, 6.07) is 8.22. The first-order valence-electron chi connectivity index (χ1n) is 9.83. The molecule has 0 amide bonds. The van der Waals surface area contributed by atoms with Crippen LogP contribution in [-0.2, 0) is 0 Å². The van der Waals surface area contributed by atoms with Gasteiger partial charge < -0.3 is 11.1 Å². The van der Waals surface area contributed by atoms with Gasteiger partial charge in [0.25, 0.3) is 0 Å². The molecule has 1 aromatic carbocycles. The normalized spacial score (nSPS) is 13.6. The van der Waals surface area contributed by atoms with Gasteiger partial charge in [0, 0.05) is 11.4 Å². The summed E-state index contributed by atoms with van der Waals surface area (Å²) in [6.45, 7) is 23.8. The van der Waals surface area contributed by atoms with Crippen LogP contribution in [0.5, 0.6) is 0 Å². The molecule has 1 aliphatic carbocycles. The maximum atomic E-state index is 5.41. The number of hydrogen-bond acceptors (Lipinski definition) is 2. The van der Waals surface area contributed by atoms with Gasteiger partial charge in [-0.3, -0.25) is 0 Å². The van der Waals surface area contributed by atoms with Crippen molar-refractivity contribution in [3.8, 4) is 0 Å². The molecule has 0 aromatic heterocycles. The molecule has 0 aliphatic heterocycles. The average molecular weight is 379 g/mol. The van der Waals surface area contributed by atoms with E-state index in [2.05, 4.69) is 77.9 Å². The van der Waals surface area contributed by atoms with Gasteiger partial charge in [-0.2, -0.15) is 0 Å². The average Bonchev–Trinajstić information content (AvgIpc) is 2.71. The van der Waals surface area contributed by atoms with Gasteiger partial charge in [0.2, 0.25) is 0 Å². The van der Waals surface area contributed by atoms with Gasteiger partial charge in [-0.25, -0.2) is 0 Å². The maximum absolute atomic E-state index is 5.41. The van der Waals surface area contributed by atoms with Crippen molar-refractivity contribution in [1.29, 1.82) is 0 Å². The van der Waals surface area contributed by atoms with Crippen LogP contribution < -0.4 is 11.1 Å². The van der Waals surface area contributed by atoms with Gasteiger partial charge in [-0.15, -0.1) is 6.58 Å². The number of aryl methyl sites for hydroxylation is 1. The van der Waals surface area contributed by atoms with E-state index >= 15 is 0 Å². The summed E-state index contributed by atoms with van der Waals surface area (Å²) in [4.78, 5) is 0. The van der Waals surface area contributed by atoms with Gasteiger partial charge in [-0.1, -0.05) is 63.4 Å². The molecule has 2 rings (SSSR count). The quantitative estimate of drug-likeness (QED) is 0.532. The lowest BCUT2D eigenvalue weighted by molar-refractivity contribution is 0.914. The molecule has 0 bridgehead atoms. The van der Waals surface area contributed by atoms with E-state index in [9.17, 15) is 0 Å². The number of benzene rings is 1. The smallest absolute Gasteiger partial charge is 0.0490 e. The minimum atomic E-state index is 1.04. The summed E-state index contributed by atoms with van der Waals surface area (Å²) in [5, 5.41) is 3.33. The Morgan fingerprint density at radius 3 is 2.04 bits per heavy atom. The molecular weight excluding hydrogens is 340 g/mol. The largest absolute Gasteiger partial charge is 0.404 e. The fourth-order valence-electron chi connectivity index (χ4n) is 2.52. The monoisotopic (exact) mass is 378 g/mol. The highest BCUT2D eigenvalue weighted by molar-refractivity contribution is 5.66. The molecule has 0 fully saturated rings. The van der Waals surface area contributed by atoms with E-state index in [4.69, 9.17) is 5.73 Å². The van der Waals surface area contributed by atoms with Gasteiger partial charge in [0.1, 0.15) is 0 Å². The number of nitrogens with one attached hydrogen (secondary N) is 1. The molecule has 28 heavy (non-hydrogen) atoms. The Bertz CT molecular complexity index is 773. The lowest BCUT2D eigenvalue weighted by Gasteiger charge is -2.28. The van der Waals surface area contributed by atoms with E-state index in [-0.39, 0.29) is 0 Å². The summed E-state index contributed by atoms with van der Waals surface area (Å²) in [7, 11) is 0. The van der Waals surface area contributed by atoms with E-state index in [1.807, 2.05) is 25.1 Å². The highest BCUT2D eigenvalue weighted by Crippen LogP contribution is 2.35. The van der Waals surface area contributed by atoms with Crippen LogP contribution in [0.3, 0.4) is 0 Å². The lowest BCUT2D eigenvalue weighted by atomic mass is 9.85. The number of allylic oxidation sites excluding steroid dienone is 6. The molecule has 1 aromatic rings. The summed E-state index contributed by atoms with van der Waals surface area (Å²) in [5.74, 6) is 0. The first-order valence-corrected chi connectivity index (χ1v) is 9.83.